The van der Waals surface area contributed by atoms with Gasteiger partial charge in [0.05, 0.1) is 5.01 Å². The molecule has 1 amide bonds. The average Bonchev–Trinajstić information content (AvgIpc) is 3.07. The lowest BCUT2D eigenvalue weighted by atomic mass is 10.1. The fraction of sp³-hybridized carbons (Fsp3) is 0.412. The first-order valence-corrected chi connectivity index (χ1v) is 10.1. The lowest BCUT2D eigenvalue weighted by Gasteiger charge is -2.27. The molecule has 7 heteroatoms. The van der Waals surface area contributed by atoms with E-state index in [0.717, 1.165) is 35.9 Å². The molecule has 0 saturated carbocycles. The van der Waals surface area contributed by atoms with Gasteiger partial charge in [0.15, 0.2) is 0 Å². The minimum atomic E-state index is -0.156. The molecule has 2 aromatic rings. The van der Waals surface area contributed by atoms with E-state index in [9.17, 15) is 4.79 Å². The van der Waals surface area contributed by atoms with Gasteiger partial charge in [-0.3, -0.25) is 9.69 Å². The number of nitrogens with zero attached hydrogens (tertiary/aromatic N) is 2. The van der Waals surface area contributed by atoms with Crippen molar-refractivity contribution in [1.29, 1.82) is 0 Å². The van der Waals surface area contributed by atoms with Crippen LogP contribution in [-0.4, -0.2) is 46.9 Å². The fourth-order valence-electron chi connectivity index (χ4n) is 2.62. The Bertz CT molecular complexity index is 683. The number of carbonyl (C=O) groups excluding carboxylic acids is 1. The standard InChI is InChI=1S/C17H22N4OS2/c18-6-5-16-19-15(12-24-16)17(22)20-14-4-2-1-3-13(14)11-21-7-9-23-10-8-21/h1-4,12H,5-11,18H2,(H,20,22). The monoisotopic (exact) mass is 362 g/mol. The molecule has 1 aliphatic rings. The number of hydrogen-bond donors (Lipinski definition) is 2. The van der Waals surface area contributed by atoms with Gasteiger partial charge in [-0.15, -0.1) is 11.3 Å². The molecule has 0 atom stereocenters. The van der Waals surface area contributed by atoms with Crippen molar-refractivity contribution in [2.75, 3.05) is 36.5 Å². The number of hydrogen-bond acceptors (Lipinski definition) is 6. The zero-order valence-electron chi connectivity index (χ0n) is 13.5. The van der Waals surface area contributed by atoms with Gasteiger partial charge in [-0.1, -0.05) is 18.2 Å². The highest BCUT2D eigenvalue weighted by atomic mass is 32.2. The normalized spacial score (nSPS) is 15.4. The minimum Gasteiger partial charge on any atom is -0.330 e. The highest BCUT2D eigenvalue weighted by Crippen LogP contribution is 2.21. The summed E-state index contributed by atoms with van der Waals surface area (Å²) < 4.78 is 0. The number of carbonyl (C=O) groups is 1. The Morgan fingerprint density at radius 3 is 2.88 bits per heavy atom. The van der Waals surface area contributed by atoms with Gasteiger partial charge >= 0.3 is 0 Å². The van der Waals surface area contributed by atoms with Crippen molar-refractivity contribution in [2.45, 2.75) is 13.0 Å². The van der Waals surface area contributed by atoms with Gasteiger partial charge in [0.25, 0.3) is 5.91 Å². The van der Waals surface area contributed by atoms with Crippen LogP contribution < -0.4 is 11.1 Å². The quantitative estimate of drug-likeness (QED) is 0.826. The summed E-state index contributed by atoms with van der Waals surface area (Å²) in [5.41, 5.74) is 8.02. The Balaban J connectivity index is 1.68. The summed E-state index contributed by atoms with van der Waals surface area (Å²) in [4.78, 5) is 19.2. The van der Waals surface area contributed by atoms with Gasteiger partial charge in [0.1, 0.15) is 5.69 Å². The number of para-hydroxylation sites is 1. The largest absolute Gasteiger partial charge is 0.330 e. The molecule has 3 N–H and O–H groups in total. The van der Waals surface area contributed by atoms with E-state index in [2.05, 4.69) is 21.3 Å². The summed E-state index contributed by atoms with van der Waals surface area (Å²) in [6.45, 7) is 3.61. The Morgan fingerprint density at radius 1 is 1.29 bits per heavy atom. The molecule has 0 aliphatic carbocycles. The fourth-order valence-corrected chi connectivity index (χ4v) is 4.39. The van der Waals surface area contributed by atoms with Crippen LogP contribution >= 0.6 is 23.1 Å². The number of thiazole rings is 1. The van der Waals surface area contributed by atoms with Gasteiger partial charge in [-0.25, -0.2) is 4.98 Å². The molecule has 0 spiro atoms. The molecular weight excluding hydrogens is 340 g/mol. The van der Waals surface area contributed by atoms with Crippen molar-refractivity contribution in [3.05, 3.63) is 45.9 Å². The van der Waals surface area contributed by atoms with Crippen LogP contribution in [0.1, 0.15) is 21.1 Å². The molecule has 3 rings (SSSR count). The van der Waals surface area contributed by atoms with E-state index in [4.69, 9.17) is 5.73 Å². The van der Waals surface area contributed by atoms with Crippen LogP contribution in [0.25, 0.3) is 0 Å². The minimum absolute atomic E-state index is 0.156. The smallest absolute Gasteiger partial charge is 0.275 e. The van der Waals surface area contributed by atoms with Crippen molar-refractivity contribution >= 4 is 34.7 Å². The van der Waals surface area contributed by atoms with Gasteiger partial charge in [0.2, 0.25) is 0 Å². The summed E-state index contributed by atoms with van der Waals surface area (Å²) in [7, 11) is 0. The third kappa shape index (κ3) is 4.57. The van der Waals surface area contributed by atoms with E-state index in [1.165, 1.54) is 22.8 Å². The van der Waals surface area contributed by atoms with Crippen LogP contribution in [0.2, 0.25) is 0 Å². The van der Waals surface area contributed by atoms with Crippen molar-refractivity contribution in [1.82, 2.24) is 9.88 Å². The molecular formula is C17H22N4OS2. The molecule has 1 aromatic carbocycles. The third-order valence-corrected chi connectivity index (χ3v) is 5.76. The van der Waals surface area contributed by atoms with Crippen molar-refractivity contribution in [3.8, 4) is 0 Å². The Kier molecular flexibility index (Phi) is 6.25. The zero-order chi connectivity index (χ0) is 16.8. The van der Waals surface area contributed by atoms with E-state index in [1.54, 1.807) is 5.38 Å². The predicted molar refractivity (Wildman–Crippen MR) is 102 cm³/mol. The van der Waals surface area contributed by atoms with Crippen LogP contribution in [0.15, 0.2) is 29.6 Å². The molecule has 2 heterocycles. The van der Waals surface area contributed by atoms with Gasteiger partial charge in [-0.2, -0.15) is 11.8 Å². The number of nitrogens with two attached hydrogens (primary N) is 1. The molecule has 1 fully saturated rings. The molecule has 0 bridgehead atoms. The van der Waals surface area contributed by atoms with Gasteiger partial charge < -0.3 is 11.1 Å². The summed E-state index contributed by atoms with van der Waals surface area (Å²) in [5, 5.41) is 5.71. The Hall–Kier alpha value is -1.41. The zero-order valence-corrected chi connectivity index (χ0v) is 15.2. The Labute approximate surface area is 150 Å². The molecule has 1 aromatic heterocycles. The molecule has 0 unspecified atom stereocenters. The van der Waals surface area contributed by atoms with Crippen molar-refractivity contribution < 1.29 is 4.79 Å². The second kappa shape index (κ2) is 8.62. The van der Waals surface area contributed by atoms with Crippen LogP contribution in [0.5, 0.6) is 0 Å². The van der Waals surface area contributed by atoms with Crippen molar-refractivity contribution in [2.24, 2.45) is 5.73 Å². The van der Waals surface area contributed by atoms with E-state index < -0.39 is 0 Å². The second-order valence-corrected chi connectivity index (χ2v) is 7.83. The summed E-state index contributed by atoms with van der Waals surface area (Å²) in [5.74, 6) is 2.20. The van der Waals surface area contributed by atoms with Crippen LogP contribution in [-0.2, 0) is 13.0 Å². The molecule has 128 valence electrons. The third-order valence-electron chi connectivity index (χ3n) is 3.91. The maximum absolute atomic E-state index is 12.5. The first kappa shape index (κ1) is 17.4. The highest BCUT2D eigenvalue weighted by Gasteiger charge is 2.15. The molecule has 24 heavy (non-hydrogen) atoms. The first-order chi connectivity index (χ1) is 11.8. The van der Waals surface area contributed by atoms with Crippen LogP contribution in [0, 0.1) is 0 Å². The number of rotatable bonds is 6. The second-order valence-electron chi connectivity index (χ2n) is 5.66. The molecule has 5 nitrogen and oxygen atoms in total. The SMILES string of the molecule is NCCc1nc(C(=O)Nc2ccccc2CN2CCSCC2)cs1. The van der Waals surface area contributed by atoms with E-state index in [0.29, 0.717) is 18.7 Å². The van der Waals surface area contributed by atoms with E-state index >= 15 is 0 Å². The van der Waals surface area contributed by atoms with Gasteiger partial charge in [-0.05, 0) is 18.2 Å². The lowest BCUT2D eigenvalue weighted by Crippen LogP contribution is -2.32. The number of anilines is 1. The predicted octanol–water partition coefficient (Wildman–Crippen LogP) is 2.45. The van der Waals surface area contributed by atoms with Crippen LogP contribution in [0.3, 0.4) is 0 Å². The summed E-state index contributed by atoms with van der Waals surface area (Å²) in [6, 6.07) is 8.01. The number of benzene rings is 1. The lowest BCUT2D eigenvalue weighted by molar-refractivity contribution is 0.102. The maximum atomic E-state index is 12.5. The van der Waals surface area contributed by atoms with Crippen LogP contribution in [0.4, 0.5) is 5.69 Å². The van der Waals surface area contributed by atoms with Gasteiger partial charge in [0, 0.05) is 48.6 Å². The number of aromatic nitrogens is 1. The number of nitrogens with one attached hydrogen (secondary N) is 1. The molecule has 0 radical (unpaired) electrons. The summed E-state index contributed by atoms with van der Waals surface area (Å²) >= 11 is 3.48. The summed E-state index contributed by atoms with van der Waals surface area (Å²) in [6.07, 6.45) is 0.710. The highest BCUT2D eigenvalue weighted by molar-refractivity contribution is 7.99. The molecule has 1 aliphatic heterocycles. The topological polar surface area (TPSA) is 71.2 Å². The van der Waals surface area contributed by atoms with E-state index in [-0.39, 0.29) is 5.91 Å². The number of thioether (sulfide) groups is 1. The van der Waals surface area contributed by atoms with Crippen molar-refractivity contribution in [3.63, 3.8) is 0 Å². The van der Waals surface area contributed by atoms with E-state index in [1.807, 2.05) is 30.0 Å². The maximum Gasteiger partial charge on any atom is 0.275 e. The Morgan fingerprint density at radius 2 is 2.08 bits per heavy atom. The average molecular weight is 363 g/mol. The molecule has 1 saturated heterocycles. The first-order valence-electron chi connectivity index (χ1n) is 8.10. The number of amides is 1.